The van der Waals surface area contributed by atoms with Gasteiger partial charge in [0.05, 0.1) is 7.11 Å². The summed E-state index contributed by atoms with van der Waals surface area (Å²) in [7, 11) is 1.53. The van der Waals surface area contributed by atoms with E-state index in [2.05, 4.69) is 0 Å². The van der Waals surface area contributed by atoms with Gasteiger partial charge < -0.3 is 14.2 Å². The molecule has 0 fully saturated rings. The minimum Gasteiger partial charge on any atom is -0.493 e. The summed E-state index contributed by atoms with van der Waals surface area (Å²) in [5.41, 5.74) is 2.08. The van der Waals surface area contributed by atoms with Gasteiger partial charge in [0.1, 0.15) is 0 Å². The first-order valence-electron chi connectivity index (χ1n) is 9.19. The molecule has 3 aromatic carbocycles. The van der Waals surface area contributed by atoms with Crippen LogP contribution >= 0.6 is 0 Å². The van der Waals surface area contributed by atoms with Crippen molar-refractivity contribution in [1.29, 1.82) is 0 Å². The molecule has 0 saturated heterocycles. The molecule has 29 heavy (non-hydrogen) atoms. The second kappa shape index (κ2) is 9.55. The molecular weight excluding hydrogens is 368 g/mol. The number of hydrogen-bond donors (Lipinski definition) is 0. The smallest absolute Gasteiger partial charge is 0.345 e. The zero-order valence-electron chi connectivity index (χ0n) is 16.3. The van der Waals surface area contributed by atoms with E-state index in [1.54, 1.807) is 54.6 Å². The maximum atomic E-state index is 13.0. The van der Waals surface area contributed by atoms with E-state index < -0.39 is 12.1 Å². The summed E-state index contributed by atoms with van der Waals surface area (Å²) in [6.45, 7) is 1.59. The lowest BCUT2D eigenvalue weighted by atomic mass is 10.00. The fourth-order valence-electron chi connectivity index (χ4n) is 2.85. The Labute approximate surface area is 169 Å². The van der Waals surface area contributed by atoms with Crippen LogP contribution in [0.1, 0.15) is 27.6 Å². The van der Waals surface area contributed by atoms with Crippen LogP contribution in [0.2, 0.25) is 0 Å². The van der Waals surface area contributed by atoms with Crippen molar-refractivity contribution in [3.05, 3.63) is 95.6 Å². The van der Waals surface area contributed by atoms with Crippen LogP contribution in [0, 0.1) is 6.92 Å². The molecule has 0 aromatic heterocycles. The van der Waals surface area contributed by atoms with E-state index in [-0.39, 0.29) is 12.4 Å². The fourth-order valence-corrected chi connectivity index (χ4v) is 2.85. The topological polar surface area (TPSA) is 61.8 Å². The van der Waals surface area contributed by atoms with Gasteiger partial charge in [-0.3, -0.25) is 4.79 Å². The van der Waals surface area contributed by atoms with Gasteiger partial charge in [0, 0.05) is 11.1 Å². The first kappa shape index (κ1) is 20.1. The number of Topliss-reactive ketones (excluding diaryl/α,β-unsaturated/α-hetero) is 1. The Kier molecular flexibility index (Phi) is 6.63. The van der Waals surface area contributed by atoms with Crippen LogP contribution < -0.4 is 9.47 Å². The Morgan fingerprint density at radius 2 is 1.52 bits per heavy atom. The number of carbonyl (C=O) groups is 2. The van der Waals surface area contributed by atoms with E-state index in [4.69, 9.17) is 14.2 Å². The monoisotopic (exact) mass is 390 g/mol. The minimum absolute atomic E-state index is 0.293. The third kappa shape index (κ3) is 5.23. The van der Waals surface area contributed by atoms with E-state index in [0.29, 0.717) is 22.6 Å². The predicted molar refractivity (Wildman–Crippen MR) is 109 cm³/mol. The number of aryl methyl sites for hydroxylation is 1. The summed E-state index contributed by atoms with van der Waals surface area (Å²) in [4.78, 5) is 25.4. The number of rotatable bonds is 8. The van der Waals surface area contributed by atoms with Crippen molar-refractivity contribution < 1.29 is 23.8 Å². The van der Waals surface area contributed by atoms with Crippen molar-refractivity contribution in [3.8, 4) is 11.5 Å². The molecule has 3 aromatic rings. The molecule has 0 aliphatic rings. The van der Waals surface area contributed by atoms with Gasteiger partial charge >= 0.3 is 5.97 Å². The molecule has 0 N–H and O–H groups in total. The molecule has 1 unspecified atom stereocenters. The molecule has 0 amide bonds. The molecule has 0 aliphatic carbocycles. The average molecular weight is 390 g/mol. The van der Waals surface area contributed by atoms with Crippen LogP contribution in [0.15, 0.2) is 78.9 Å². The Bertz CT molecular complexity index is 967. The second-order valence-corrected chi connectivity index (χ2v) is 6.45. The van der Waals surface area contributed by atoms with Crippen molar-refractivity contribution in [1.82, 2.24) is 0 Å². The third-order valence-corrected chi connectivity index (χ3v) is 4.31. The van der Waals surface area contributed by atoms with Gasteiger partial charge in [-0.05, 0) is 24.6 Å². The van der Waals surface area contributed by atoms with Crippen molar-refractivity contribution in [2.24, 2.45) is 0 Å². The lowest BCUT2D eigenvalue weighted by Crippen LogP contribution is -2.23. The molecule has 0 saturated carbocycles. The predicted octanol–water partition coefficient (Wildman–Crippen LogP) is 4.55. The molecule has 5 heteroatoms. The van der Waals surface area contributed by atoms with Crippen LogP contribution in [0.3, 0.4) is 0 Å². The normalized spacial score (nSPS) is 11.4. The van der Waals surface area contributed by atoms with Gasteiger partial charge in [-0.15, -0.1) is 0 Å². The highest BCUT2D eigenvalue weighted by Gasteiger charge is 2.26. The molecule has 3 rings (SSSR count). The standard InChI is InChI=1S/C24H22O5/c1-17-13-14-20(21(15-17)27-2)28-16-22(25)29-24(19-11-7-4-8-12-19)23(26)18-9-5-3-6-10-18/h3-15,24H,16H2,1-2H3. The van der Waals surface area contributed by atoms with Crippen LogP contribution in [-0.4, -0.2) is 25.5 Å². The van der Waals surface area contributed by atoms with Crippen LogP contribution in [0.5, 0.6) is 11.5 Å². The average Bonchev–Trinajstić information content (AvgIpc) is 2.77. The van der Waals surface area contributed by atoms with Crippen LogP contribution in [0.4, 0.5) is 0 Å². The Morgan fingerprint density at radius 1 is 0.862 bits per heavy atom. The van der Waals surface area contributed by atoms with Crippen molar-refractivity contribution >= 4 is 11.8 Å². The molecule has 0 bridgehead atoms. The number of methoxy groups -OCH3 is 1. The molecule has 148 valence electrons. The highest BCUT2D eigenvalue weighted by atomic mass is 16.6. The van der Waals surface area contributed by atoms with Gasteiger partial charge in [-0.25, -0.2) is 4.79 Å². The van der Waals surface area contributed by atoms with Gasteiger partial charge in [0.2, 0.25) is 5.78 Å². The van der Waals surface area contributed by atoms with Gasteiger partial charge in [0.15, 0.2) is 24.2 Å². The van der Waals surface area contributed by atoms with E-state index in [1.165, 1.54) is 7.11 Å². The second-order valence-electron chi connectivity index (χ2n) is 6.45. The summed E-state index contributed by atoms with van der Waals surface area (Å²) in [5, 5.41) is 0. The summed E-state index contributed by atoms with van der Waals surface area (Å²) in [5.74, 6) is 0.0160. The van der Waals surface area contributed by atoms with Crippen molar-refractivity contribution in [2.45, 2.75) is 13.0 Å². The number of hydrogen-bond acceptors (Lipinski definition) is 5. The Balaban J connectivity index is 1.74. The third-order valence-electron chi connectivity index (χ3n) is 4.31. The fraction of sp³-hybridized carbons (Fsp3) is 0.167. The van der Waals surface area contributed by atoms with Crippen molar-refractivity contribution in [2.75, 3.05) is 13.7 Å². The van der Waals surface area contributed by atoms with Gasteiger partial charge in [-0.1, -0.05) is 66.7 Å². The molecular formula is C24H22O5. The summed E-state index contributed by atoms with van der Waals surface area (Å²) < 4.78 is 16.3. The van der Waals surface area contributed by atoms with E-state index in [9.17, 15) is 9.59 Å². The number of ketones is 1. The lowest BCUT2D eigenvalue weighted by Gasteiger charge is -2.18. The number of ether oxygens (including phenoxy) is 3. The number of carbonyl (C=O) groups excluding carboxylic acids is 2. The molecule has 0 heterocycles. The highest BCUT2D eigenvalue weighted by Crippen LogP contribution is 2.28. The molecule has 0 aliphatic heterocycles. The lowest BCUT2D eigenvalue weighted by molar-refractivity contribution is -0.149. The largest absolute Gasteiger partial charge is 0.493 e. The summed E-state index contributed by atoms with van der Waals surface area (Å²) >= 11 is 0. The maximum Gasteiger partial charge on any atom is 0.345 e. The highest BCUT2D eigenvalue weighted by molar-refractivity contribution is 6.01. The quantitative estimate of drug-likeness (QED) is 0.417. The van der Waals surface area contributed by atoms with Crippen LogP contribution in [0.25, 0.3) is 0 Å². The number of benzene rings is 3. The van der Waals surface area contributed by atoms with E-state index in [1.807, 2.05) is 31.2 Å². The SMILES string of the molecule is COc1cc(C)ccc1OCC(=O)OC(C(=O)c1ccccc1)c1ccccc1. The maximum absolute atomic E-state index is 13.0. The van der Waals surface area contributed by atoms with E-state index in [0.717, 1.165) is 5.56 Å². The zero-order valence-corrected chi connectivity index (χ0v) is 16.3. The molecule has 1 atom stereocenters. The van der Waals surface area contributed by atoms with Gasteiger partial charge in [-0.2, -0.15) is 0 Å². The first-order chi connectivity index (χ1) is 14.1. The molecule has 0 radical (unpaired) electrons. The van der Waals surface area contributed by atoms with Crippen LogP contribution in [-0.2, 0) is 9.53 Å². The molecule has 0 spiro atoms. The first-order valence-corrected chi connectivity index (χ1v) is 9.19. The zero-order chi connectivity index (χ0) is 20.6. The summed E-state index contributed by atoms with van der Waals surface area (Å²) in [6, 6.07) is 23.1. The van der Waals surface area contributed by atoms with E-state index >= 15 is 0 Å². The van der Waals surface area contributed by atoms with Gasteiger partial charge in [0.25, 0.3) is 0 Å². The molecule has 5 nitrogen and oxygen atoms in total. The summed E-state index contributed by atoms with van der Waals surface area (Å²) in [6.07, 6.45) is -1.05. The van der Waals surface area contributed by atoms with Crippen molar-refractivity contribution in [3.63, 3.8) is 0 Å². The Morgan fingerprint density at radius 3 is 2.17 bits per heavy atom. The Hall–Kier alpha value is -3.60. The minimum atomic E-state index is -1.05. The number of esters is 1.